The Hall–Kier alpha value is -2.81. The Morgan fingerprint density at radius 2 is 1.78 bits per heavy atom. The van der Waals surface area contributed by atoms with Gasteiger partial charge in [-0.2, -0.15) is 4.72 Å². The lowest BCUT2D eigenvalue weighted by Crippen LogP contribution is -2.45. The van der Waals surface area contributed by atoms with Crippen molar-refractivity contribution < 1.29 is 17.9 Å². The third-order valence-electron chi connectivity index (χ3n) is 4.84. The molecule has 3 aromatic rings. The molecule has 0 unspecified atom stereocenters. The fraction of sp³-hybridized carbons (Fsp3) is 0.208. The van der Waals surface area contributed by atoms with E-state index in [1.165, 1.54) is 13.2 Å². The van der Waals surface area contributed by atoms with Gasteiger partial charge < -0.3 is 10.1 Å². The molecule has 0 saturated carbocycles. The van der Waals surface area contributed by atoms with E-state index in [0.29, 0.717) is 5.69 Å². The molecule has 0 radical (unpaired) electrons. The van der Waals surface area contributed by atoms with Crippen LogP contribution in [0.25, 0.3) is 0 Å². The van der Waals surface area contributed by atoms with Gasteiger partial charge in [-0.15, -0.1) is 11.8 Å². The SMILES string of the molecule is COc1ccc(C)cc1S(=O)(=O)N[C@H](Cc1ccccc1)C(=O)Nc1cccc(SC)c1. The van der Waals surface area contributed by atoms with Crippen LogP contribution in [0.3, 0.4) is 0 Å². The van der Waals surface area contributed by atoms with E-state index >= 15 is 0 Å². The van der Waals surface area contributed by atoms with Gasteiger partial charge in [-0.05, 0) is 61.1 Å². The number of carbonyl (C=O) groups excluding carboxylic acids is 1. The molecule has 0 aromatic heterocycles. The number of benzene rings is 3. The largest absolute Gasteiger partial charge is 0.495 e. The van der Waals surface area contributed by atoms with Crippen molar-refractivity contribution in [1.82, 2.24) is 4.72 Å². The summed E-state index contributed by atoms with van der Waals surface area (Å²) >= 11 is 1.56. The van der Waals surface area contributed by atoms with E-state index in [-0.39, 0.29) is 17.1 Å². The van der Waals surface area contributed by atoms with E-state index in [1.54, 1.807) is 36.9 Å². The van der Waals surface area contributed by atoms with Gasteiger partial charge in [-0.3, -0.25) is 4.79 Å². The molecule has 1 amide bonds. The molecule has 0 aliphatic rings. The number of rotatable bonds is 9. The maximum atomic E-state index is 13.2. The van der Waals surface area contributed by atoms with Crippen LogP contribution < -0.4 is 14.8 Å². The first-order valence-electron chi connectivity index (χ1n) is 9.98. The van der Waals surface area contributed by atoms with Gasteiger partial charge in [-0.1, -0.05) is 42.5 Å². The first-order chi connectivity index (χ1) is 15.3. The molecule has 32 heavy (non-hydrogen) atoms. The minimum Gasteiger partial charge on any atom is -0.495 e. The Morgan fingerprint density at radius 3 is 2.47 bits per heavy atom. The molecule has 168 valence electrons. The van der Waals surface area contributed by atoms with Gasteiger partial charge in [0.25, 0.3) is 0 Å². The first kappa shape index (κ1) is 23.8. The molecule has 3 aromatic carbocycles. The van der Waals surface area contributed by atoms with E-state index in [9.17, 15) is 13.2 Å². The van der Waals surface area contributed by atoms with E-state index in [2.05, 4.69) is 10.0 Å². The van der Waals surface area contributed by atoms with E-state index in [0.717, 1.165) is 16.0 Å². The minimum absolute atomic E-state index is 0.00441. The molecule has 0 spiro atoms. The van der Waals surface area contributed by atoms with Gasteiger partial charge in [0.15, 0.2) is 0 Å². The van der Waals surface area contributed by atoms with Crippen LogP contribution in [0.4, 0.5) is 5.69 Å². The van der Waals surface area contributed by atoms with E-state index in [1.807, 2.05) is 54.8 Å². The highest BCUT2D eigenvalue weighted by Gasteiger charge is 2.28. The molecule has 0 heterocycles. The zero-order valence-corrected chi connectivity index (χ0v) is 19.8. The summed E-state index contributed by atoms with van der Waals surface area (Å²) in [6.45, 7) is 1.80. The first-order valence-corrected chi connectivity index (χ1v) is 12.7. The second-order valence-electron chi connectivity index (χ2n) is 7.24. The van der Waals surface area contributed by atoms with Crippen molar-refractivity contribution in [3.63, 3.8) is 0 Å². The van der Waals surface area contributed by atoms with Crippen molar-refractivity contribution >= 4 is 33.4 Å². The fourth-order valence-corrected chi connectivity index (χ4v) is 5.12. The number of nitrogens with one attached hydrogen (secondary N) is 2. The summed E-state index contributed by atoms with van der Waals surface area (Å²) in [4.78, 5) is 14.2. The second kappa shape index (κ2) is 10.7. The minimum atomic E-state index is -4.03. The molecule has 0 bridgehead atoms. The standard InChI is InChI=1S/C24H26N2O4S2/c1-17-12-13-22(30-2)23(14-17)32(28,29)26-21(15-18-8-5-4-6-9-18)24(27)25-19-10-7-11-20(16-19)31-3/h4-14,16,21,26H,15H2,1-3H3,(H,25,27)/t21-/m1/s1. The summed E-state index contributed by atoms with van der Waals surface area (Å²) in [6.07, 6.45) is 2.14. The number of aryl methyl sites for hydroxylation is 1. The zero-order valence-electron chi connectivity index (χ0n) is 18.2. The summed E-state index contributed by atoms with van der Waals surface area (Å²) in [5, 5.41) is 2.84. The number of hydrogen-bond acceptors (Lipinski definition) is 5. The summed E-state index contributed by atoms with van der Waals surface area (Å²) in [5.41, 5.74) is 2.21. The molecule has 8 heteroatoms. The third-order valence-corrected chi connectivity index (χ3v) is 7.06. The highest BCUT2D eigenvalue weighted by molar-refractivity contribution is 7.98. The predicted molar refractivity (Wildman–Crippen MR) is 129 cm³/mol. The molecular weight excluding hydrogens is 444 g/mol. The molecular formula is C24H26N2O4S2. The number of methoxy groups -OCH3 is 1. The fourth-order valence-electron chi connectivity index (χ4n) is 3.21. The lowest BCUT2D eigenvalue weighted by molar-refractivity contribution is -0.117. The maximum Gasteiger partial charge on any atom is 0.245 e. The maximum absolute atomic E-state index is 13.2. The molecule has 0 aliphatic heterocycles. The predicted octanol–water partition coefficient (Wildman–Crippen LogP) is 4.25. The van der Waals surface area contributed by atoms with Crippen LogP contribution in [0.15, 0.2) is 82.6 Å². The van der Waals surface area contributed by atoms with Crippen molar-refractivity contribution in [2.75, 3.05) is 18.7 Å². The second-order valence-corrected chi connectivity index (χ2v) is 9.80. The van der Waals surface area contributed by atoms with Gasteiger partial charge in [-0.25, -0.2) is 8.42 Å². The van der Waals surface area contributed by atoms with E-state index in [4.69, 9.17) is 4.74 Å². The van der Waals surface area contributed by atoms with Crippen LogP contribution in [0.1, 0.15) is 11.1 Å². The van der Waals surface area contributed by atoms with Gasteiger partial charge >= 0.3 is 0 Å². The Kier molecular flexibility index (Phi) is 7.95. The summed E-state index contributed by atoms with van der Waals surface area (Å²) < 4.78 is 34.3. The Bertz CT molecular complexity index is 1180. The van der Waals surface area contributed by atoms with Crippen molar-refractivity contribution in [3.8, 4) is 5.75 Å². The molecule has 2 N–H and O–H groups in total. The van der Waals surface area contributed by atoms with Crippen LogP contribution in [-0.4, -0.2) is 33.7 Å². The van der Waals surface area contributed by atoms with Crippen LogP contribution in [-0.2, 0) is 21.2 Å². The summed E-state index contributed by atoms with van der Waals surface area (Å²) in [7, 11) is -2.62. The molecule has 0 saturated heterocycles. The number of sulfonamides is 1. The number of amides is 1. The van der Waals surface area contributed by atoms with Crippen LogP contribution in [0, 0.1) is 6.92 Å². The quantitative estimate of drug-likeness (QED) is 0.457. The summed E-state index contributed by atoms with van der Waals surface area (Å²) in [6, 6.07) is 20.6. The van der Waals surface area contributed by atoms with Crippen LogP contribution in [0.5, 0.6) is 5.75 Å². The van der Waals surface area contributed by atoms with Crippen molar-refractivity contribution in [2.45, 2.75) is 29.2 Å². The van der Waals surface area contributed by atoms with Crippen molar-refractivity contribution in [3.05, 3.63) is 83.9 Å². The molecule has 3 rings (SSSR count). The number of anilines is 1. The number of carbonyl (C=O) groups is 1. The molecule has 0 fully saturated rings. The monoisotopic (exact) mass is 470 g/mol. The Labute approximate surface area is 193 Å². The van der Waals surface area contributed by atoms with Gasteiger partial charge in [0.1, 0.15) is 16.7 Å². The van der Waals surface area contributed by atoms with Gasteiger partial charge in [0, 0.05) is 10.6 Å². The molecule has 0 aliphatic carbocycles. The van der Waals surface area contributed by atoms with Crippen LogP contribution in [0.2, 0.25) is 0 Å². The van der Waals surface area contributed by atoms with Gasteiger partial charge in [0.05, 0.1) is 7.11 Å². The molecule has 6 nitrogen and oxygen atoms in total. The smallest absolute Gasteiger partial charge is 0.245 e. The highest BCUT2D eigenvalue weighted by atomic mass is 32.2. The Morgan fingerprint density at radius 1 is 1.03 bits per heavy atom. The number of hydrogen-bond donors (Lipinski definition) is 2. The van der Waals surface area contributed by atoms with Crippen molar-refractivity contribution in [2.24, 2.45) is 0 Å². The Balaban J connectivity index is 1.92. The normalized spacial score (nSPS) is 12.2. The van der Waals surface area contributed by atoms with Crippen LogP contribution >= 0.6 is 11.8 Å². The average molecular weight is 471 g/mol. The summed E-state index contributed by atoms with van der Waals surface area (Å²) in [5.74, 6) is -0.225. The van der Waals surface area contributed by atoms with Crippen molar-refractivity contribution in [1.29, 1.82) is 0 Å². The van der Waals surface area contributed by atoms with Gasteiger partial charge in [0.2, 0.25) is 15.9 Å². The van der Waals surface area contributed by atoms with E-state index < -0.39 is 22.0 Å². The zero-order chi connectivity index (χ0) is 23.1. The average Bonchev–Trinajstić information content (AvgIpc) is 2.79. The lowest BCUT2D eigenvalue weighted by atomic mass is 10.1. The highest BCUT2D eigenvalue weighted by Crippen LogP contribution is 2.25. The number of ether oxygens (including phenoxy) is 1. The molecule has 1 atom stereocenters. The topological polar surface area (TPSA) is 84.5 Å². The number of thioether (sulfide) groups is 1. The third kappa shape index (κ3) is 6.12. The lowest BCUT2D eigenvalue weighted by Gasteiger charge is -2.20.